The first-order valence-corrected chi connectivity index (χ1v) is 11.9. The van der Waals surface area contributed by atoms with Gasteiger partial charge in [0.25, 0.3) is 0 Å². The summed E-state index contributed by atoms with van der Waals surface area (Å²) in [5.74, 6) is 5.05. The number of benzene rings is 3. The summed E-state index contributed by atoms with van der Waals surface area (Å²) in [4.78, 5) is 10.9. The molecule has 3 N–H and O–H groups in total. The van der Waals surface area contributed by atoms with E-state index in [1.54, 1.807) is 31.1 Å². The van der Waals surface area contributed by atoms with E-state index in [9.17, 15) is 18.3 Å². The lowest BCUT2D eigenvalue weighted by Crippen LogP contribution is -2.54. The van der Waals surface area contributed by atoms with Crippen molar-refractivity contribution in [2.45, 2.75) is 16.2 Å². The van der Waals surface area contributed by atoms with E-state index in [1.807, 2.05) is 54.6 Å². The SMILES string of the molecule is CN(C)CC#CCC(N)(C(=O)O)S(=O)(=O)c1ccc(-c2ccc(Oc3ccccc3)cc2)cc1. The van der Waals surface area contributed by atoms with Crippen molar-refractivity contribution in [3.63, 3.8) is 0 Å². The number of nitrogens with zero attached hydrogens (tertiary/aromatic N) is 1. The smallest absolute Gasteiger partial charge is 0.340 e. The van der Waals surface area contributed by atoms with E-state index >= 15 is 0 Å². The fourth-order valence-corrected chi connectivity index (χ4v) is 4.48. The Bertz CT molecular complexity index is 1290. The molecule has 176 valence electrons. The summed E-state index contributed by atoms with van der Waals surface area (Å²) in [6.07, 6.45) is -0.525. The zero-order chi connectivity index (χ0) is 24.8. The number of rotatable bonds is 8. The maximum Gasteiger partial charge on any atom is 0.340 e. The van der Waals surface area contributed by atoms with Gasteiger partial charge >= 0.3 is 5.97 Å². The molecule has 0 amide bonds. The van der Waals surface area contributed by atoms with Crippen molar-refractivity contribution in [3.8, 4) is 34.5 Å². The summed E-state index contributed by atoms with van der Waals surface area (Å²) in [5, 5.41) is 9.61. The molecule has 8 heteroatoms. The van der Waals surface area contributed by atoms with Gasteiger partial charge in [-0.05, 0) is 61.6 Å². The molecular formula is C26H26N2O5S. The third-order valence-corrected chi connectivity index (χ3v) is 7.21. The van der Waals surface area contributed by atoms with E-state index in [0.29, 0.717) is 12.3 Å². The Labute approximate surface area is 199 Å². The number of sulfone groups is 1. The van der Waals surface area contributed by atoms with Crippen molar-refractivity contribution in [3.05, 3.63) is 78.9 Å². The average Bonchev–Trinajstić information content (AvgIpc) is 2.82. The van der Waals surface area contributed by atoms with Crippen molar-refractivity contribution < 1.29 is 23.1 Å². The molecule has 34 heavy (non-hydrogen) atoms. The van der Waals surface area contributed by atoms with Crippen LogP contribution in [0.1, 0.15) is 6.42 Å². The molecule has 0 aliphatic heterocycles. The van der Waals surface area contributed by atoms with Gasteiger partial charge < -0.3 is 15.6 Å². The maximum atomic E-state index is 13.1. The number of carboxylic acids is 1. The predicted molar refractivity (Wildman–Crippen MR) is 131 cm³/mol. The van der Waals surface area contributed by atoms with Gasteiger partial charge in [0, 0.05) is 0 Å². The molecule has 0 fully saturated rings. The zero-order valence-electron chi connectivity index (χ0n) is 18.9. The largest absolute Gasteiger partial charge is 0.479 e. The summed E-state index contributed by atoms with van der Waals surface area (Å²) < 4.78 is 32.0. The third kappa shape index (κ3) is 5.64. The van der Waals surface area contributed by atoms with E-state index < -0.39 is 27.1 Å². The number of aliphatic carboxylic acids is 1. The number of para-hydroxylation sites is 1. The number of ether oxygens (including phenoxy) is 1. The van der Waals surface area contributed by atoms with Gasteiger partial charge in [-0.1, -0.05) is 54.3 Å². The molecule has 3 rings (SSSR count). The first-order chi connectivity index (χ1) is 16.1. The van der Waals surface area contributed by atoms with Gasteiger partial charge in [-0.25, -0.2) is 13.2 Å². The first kappa shape index (κ1) is 25.0. The minimum Gasteiger partial charge on any atom is -0.479 e. The Morgan fingerprint density at radius 2 is 1.44 bits per heavy atom. The van der Waals surface area contributed by atoms with Crippen LogP contribution in [0.2, 0.25) is 0 Å². The summed E-state index contributed by atoms with van der Waals surface area (Å²) >= 11 is 0. The highest BCUT2D eigenvalue weighted by Gasteiger charge is 2.48. The number of hydrogen-bond acceptors (Lipinski definition) is 6. The third-order valence-electron chi connectivity index (χ3n) is 5.04. The van der Waals surface area contributed by atoms with Crippen LogP contribution in [0.25, 0.3) is 11.1 Å². The van der Waals surface area contributed by atoms with E-state index in [0.717, 1.165) is 16.9 Å². The second-order valence-electron chi connectivity index (χ2n) is 7.93. The van der Waals surface area contributed by atoms with Crippen molar-refractivity contribution in [2.24, 2.45) is 5.73 Å². The first-order valence-electron chi connectivity index (χ1n) is 10.4. The Morgan fingerprint density at radius 1 is 0.912 bits per heavy atom. The van der Waals surface area contributed by atoms with Gasteiger partial charge in [0.2, 0.25) is 14.7 Å². The lowest BCUT2D eigenvalue weighted by Gasteiger charge is -2.22. The minimum atomic E-state index is -4.40. The van der Waals surface area contributed by atoms with Gasteiger partial charge in [-0.3, -0.25) is 4.90 Å². The van der Waals surface area contributed by atoms with Crippen LogP contribution < -0.4 is 10.5 Å². The van der Waals surface area contributed by atoms with Gasteiger partial charge in [0.15, 0.2) is 0 Å². The van der Waals surface area contributed by atoms with E-state index in [-0.39, 0.29) is 4.90 Å². The van der Waals surface area contributed by atoms with Crippen LogP contribution in [0.15, 0.2) is 83.8 Å². The van der Waals surface area contributed by atoms with Crippen LogP contribution in [-0.2, 0) is 14.6 Å². The molecule has 1 unspecified atom stereocenters. The molecule has 0 spiro atoms. The Hall–Kier alpha value is -3.64. The van der Waals surface area contributed by atoms with Gasteiger partial charge in [-0.15, -0.1) is 0 Å². The number of nitrogens with two attached hydrogens (primary N) is 1. The summed E-state index contributed by atoms with van der Waals surface area (Å²) in [7, 11) is -0.808. The molecule has 0 radical (unpaired) electrons. The Morgan fingerprint density at radius 3 is 1.97 bits per heavy atom. The molecule has 0 aliphatic carbocycles. The van der Waals surface area contributed by atoms with Crippen molar-refractivity contribution in [1.82, 2.24) is 4.90 Å². The van der Waals surface area contributed by atoms with Gasteiger partial charge in [0.05, 0.1) is 17.9 Å². The fourth-order valence-electron chi connectivity index (χ4n) is 3.07. The Balaban J connectivity index is 1.80. The van der Waals surface area contributed by atoms with Crippen LogP contribution in [0.4, 0.5) is 0 Å². The molecule has 0 saturated carbocycles. The quantitative estimate of drug-likeness (QED) is 0.476. The molecule has 7 nitrogen and oxygen atoms in total. The molecule has 3 aromatic rings. The van der Waals surface area contributed by atoms with Crippen LogP contribution in [0, 0.1) is 11.8 Å². The average molecular weight is 479 g/mol. The van der Waals surface area contributed by atoms with E-state index in [1.165, 1.54) is 12.1 Å². The van der Waals surface area contributed by atoms with Crippen LogP contribution in [0.3, 0.4) is 0 Å². The molecule has 1 atom stereocenters. The second-order valence-corrected chi connectivity index (χ2v) is 10.1. The standard InChI is InChI=1S/C26H26N2O5S/c1-28(2)19-7-6-18-26(27,25(29)30)34(31,32)24-16-12-21(13-17-24)20-10-14-23(15-11-20)33-22-8-4-3-5-9-22/h3-5,8-17H,18-19,27H2,1-2H3,(H,29,30). The van der Waals surface area contributed by atoms with Crippen molar-refractivity contribution >= 4 is 15.8 Å². The normalized spacial score (nSPS) is 12.9. The van der Waals surface area contributed by atoms with Crippen molar-refractivity contribution in [2.75, 3.05) is 20.6 Å². The molecule has 0 aliphatic rings. The van der Waals surface area contributed by atoms with Gasteiger partial charge in [-0.2, -0.15) is 0 Å². The molecule has 0 bridgehead atoms. The number of carboxylic acid groups (broad SMARTS) is 1. The highest BCUT2D eigenvalue weighted by atomic mass is 32.2. The highest BCUT2D eigenvalue weighted by Crippen LogP contribution is 2.29. The highest BCUT2D eigenvalue weighted by molar-refractivity contribution is 7.93. The maximum absolute atomic E-state index is 13.1. The summed E-state index contributed by atoms with van der Waals surface area (Å²) in [6, 6.07) is 22.7. The van der Waals surface area contributed by atoms with Crippen LogP contribution in [0.5, 0.6) is 11.5 Å². The minimum absolute atomic E-state index is 0.181. The topological polar surface area (TPSA) is 110 Å². The van der Waals surface area contributed by atoms with Crippen molar-refractivity contribution in [1.29, 1.82) is 0 Å². The lowest BCUT2D eigenvalue weighted by molar-refractivity contribution is -0.139. The zero-order valence-corrected chi connectivity index (χ0v) is 19.7. The van der Waals surface area contributed by atoms with E-state index in [2.05, 4.69) is 11.8 Å². The number of carbonyl (C=O) groups is 1. The van der Waals surface area contributed by atoms with E-state index in [4.69, 9.17) is 10.5 Å². The molecule has 0 saturated heterocycles. The molecule has 0 heterocycles. The molecule has 0 aromatic heterocycles. The van der Waals surface area contributed by atoms with Crippen LogP contribution >= 0.6 is 0 Å². The summed E-state index contributed by atoms with van der Waals surface area (Å²) in [6.45, 7) is 0.361. The Kier molecular flexibility index (Phi) is 7.74. The molecule has 3 aromatic carbocycles. The molecular weight excluding hydrogens is 452 g/mol. The van der Waals surface area contributed by atoms with Crippen LogP contribution in [-0.4, -0.2) is 49.9 Å². The van der Waals surface area contributed by atoms with Gasteiger partial charge in [0.1, 0.15) is 11.5 Å². The monoisotopic (exact) mass is 478 g/mol. The second kappa shape index (κ2) is 10.5. The summed E-state index contributed by atoms with van der Waals surface area (Å²) in [5.41, 5.74) is 7.48. The fraction of sp³-hybridized carbons (Fsp3) is 0.192. The predicted octanol–water partition coefficient (Wildman–Crippen LogP) is 3.61. The lowest BCUT2D eigenvalue weighted by atomic mass is 10.1. The number of hydrogen-bond donors (Lipinski definition) is 2.